The Balaban J connectivity index is 2.95. The number of hydrogen-bond acceptors (Lipinski definition) is 3. The first-order chi connectivity index (χ1) is 6.75. The van der Waals surface area contributed by atoms with Gasteiger partial charge in [0.25, 0.3) is 0 Å². The zero-order chi connectivity index (χ0) is 10.4. The van der Waals surface area contributed by atoms with Crippen LogP contribution in [0.4, 0.5) is 0 Å². The summed E-state index contributed by atoms with van der Waals surface area (Å²) in [5.74, 6) is -1.00. The van der Waals surface area contributed by atoms with E-state index in [0.717, 1.165) is 6.29 Å². The summed E-state index contributed by atoms with van der Waals surface area (Å²) in [5, 5.41) is 8.79. The van der Waals surface area contributed by atoms with Gasteiger partial charge in [0.2, 0.25) is 0 Å². The SMILES string of the molecule is O=CCC=Cc1cnccc1C(=O)O. The molecule has 1 N–H and O–H groups in total. The molecule has 0 aromatic carbocycles. The molecule has 1 heterocycles. The standard InChI is InChI=1S/C10H9NO3/c12-6-2-1-3-8-7-11-5-4-9(8)10(13)14/h1,3-7H,2H2,(H,13,14). The van der Waals surface area contributed by atoms with Gasteiger partial charge < -0.3 is 9.90 Å². The quantitative estimate of drug-likeness (QED) is 0.730. The Labute approximate surface area is 80.9 Å². The zero-order valence-corrected chi connectivity index (χ0v) is 7.38. The largest absolute Gasteiger partial charge is 0.478 e. The third kappa shape index (κ3) is 2.52. The zero-order valence-electron chi connectivity index (χ0n) is 7.38. The molecule has 0 radical (unpaired) electrons. The van der Waals surface area contributed by atoms with Crippen LogP contribution in [0.1, 0.15) is 22.3 Å². The molecular formula is C10H9NO3. The predicted molar refractivity (Wildman–Crippen MR) is 50.9 cm³/mol. The van der Waals surface area contributed by atoms with E-state index >= 15 is 0 Å². The summed E-state index contributed by atoms with van der Waals surface area (Å²) in [4.78, 5) is 24.6. The normalized spacial score (nSPS) is 10.3. The molecule has 0 spiro atoms. The van der Waals surface area contributed by atoms with E-state index in [1.54, 1.807) is 12.2 Å². The monoisotopic (exact) mass is 191 g/mol. The molecule has 72 valence electrons. The molecule has 0 unspecified atom stereocenters. The molecule has 0 aliphatic heterocycles. The van der Waals surface area contributed by atoms with E-state index in [-0.39, 0.29) is 12.0 Å². The van der Waals surface area contributed by atoms with Crippen LogP contribution in [0.15, 0.2) is 24.5 Å². The second-order valence-electron chi connectivity index (χ2n) is 2.57. The van der Waals surface area contributed by atoms with E-state index in [9.17, 15) is 9.59 Å². The van der Waals surface area contributed by atoms with E-state index in [1.165, 1.54) is 18.5 Å². The Bertz CT molecular complexity index is 371. The van der Waals surface area contributed by atoms with Crippen LogP contribution in [0.2, 0.25) is 0 Å². The van der Waals surface area contributed by atoms with Crippen LogP contribution in [0.25, 0.3) is 6.08 Å². The molecule has 0 saturated heterocycles. The first kappa shape index (κ1) is 10.1. The van der Waals surface area contributed by atoms with Gasteiger partial charge in [-0.15, -0.1) is 0 Å². The van der Waals surface area contributed by atoms with Gasteiger partial charge in [0.05, 0.1) is 5.56 Å². The number of rotatable bonds is 4. The van der Waals surface area contributed by atoms with Crippen molar-refractivity contribution in [3.8, 4) is 0 Å². The van der Waals surface area contributed by atoms with Gasteiger partial charge in [-0.3, -0.25) is 4.98 Å². The summed E-state index contributed by atoms with van der Waals surface area (Å²) in [5.41, 5.74) is 0.684. The van der Waals surface area contributed by atoms with Crippen molar-refractivity contribution >= 4 is 18.3 Å². The number of aldehydes is 1. The van der Waals surface area contributed by atoms with Gasteiger partial charge in [-0.1, -0.05) is 12.2 Å². The fourth-order valence-electron chi connectivity index (χ4n) is 0.985. The third-order valence-corrected chi connectivity index (χ3v) is 1.61. The highest BCUT2D eigenvalue weighted by Crippen LogP contribution is 2.08. The van der Waals surface area contributed by atoms with Crippen molar-refractivity contribution in [2.75, 3.05) is 0 Å². The van der Waals surface area contributed by atoms with E-state index in [0.29, 0.717) is 5.56 Å². The molecule has 0 amide bonds. The number of aromatic carboxylic acids is 1. The van der Waals surface area contributed by atoms with Gasteiger partial charge in [0, 0.05) is 24.4 Å². The maximum absolute atomic E-state index is 10.7. The lowest BCUT2D eigenvalue weighted by Gasteiger charge is -1.98. The molecule has 1 aromatic heterocycles. The third-order valence-electron chi connectivity index (χ3n) is 1.61. The molecule has 4 heteroatoms. The molecule has 0 aliphatic carbocycles. The van der Waals surface area contributed by atoms with Crippen molar-refractivity contribution in [1.82, 2.24) is 4.98 Å². The van der Waals surface area contributed by atoms with Crippen molar-refractivity contribution in [2.45, 2.75) is 6.42 Å². The number of carboxylic acid groups (broad SMARTS) is 1. The minimum atomic E-state index is -1.00. The number of carbonyl (C=O) groups excluding carboxylic acids is 1. The average Bonchev–Trinajstić information content (AvgIpc) is 2.19. The topological polar surface area (TPSA) is 67.3 Å². The van der Waals surface area contributed by atoms with Crippen molar-refractivity contribution in [1.29, 1.82) is 0 Å². The number of hydrogen-bond donors (Lipinski definition) is 1. The Morgan fingerprint density at radius 3 is 3.00 bits per heavy atom. The minimum absolute atomic E-state index is 0.183. The second-order valence-corrected chi connectivity index (χ2v) is 2.57. The Morgan fingerprint density at radius 1 is 1.57 bits per heavy atom. The molecule has 4 nitrogen and oxygen atoms in total. The van der Waals surface area contributed by atoms with E-state index in [2.05, 4.69) is 4.98 Å². The van der Waals surface area contributed by atoms with Gasteiger partial charge in [-0.2, -0.15) is 0 Å². The number of allylic oxidation sites excluding steroid dienone is 1. The van der Waals surface area contributed by atoms with Crippen molar-refractivity contribution in [3.63, 3.8) is 0 Å². The number of pyridine rings is 1. The van der Waals surface area contributed by atoms with E-state index in [1.807, 2.05) is 0 Å². The highest BCUT2D eigenvalue weighted by molar-refractivity contribution is 5.91. The fraction of sp³-hybridized carbons (Fsp3) is 0.100. The average molecular weight is 191 g/mol. The van der Waals surface area contributed by atoms with Crippen LogP contribution in [0.3, 0.4) is 0 Å². The Hall–Kier alpha value is -1.97. The first-order valence-corrected chi connectivity index (χ1v) is 4.03. The van der Waals surface area contributed by atoms with Crippen molar-refractivity contribution < 1.29 is 14.7 Å². The molecule has 0 aliphatic rings. The minimum Gasteiger partial charge on any atom is -0.478 e. The molecule has 0 saturated carbocycles. The maximum atomic E-state index is 10.7. The van der Waals surface area contributed by atoms with Crippen molar-refractivity contribution in [3.05, 3.63) is 35.7 Å². The van der Waals surface area contributed by atoms with Gasteiger partial charge in [-0.05, 0) is 6.07 Å². The number of carboxylic acids is 1. The number of carbonyl (C=O) groups is 2. The summed E-state index contributed by atoms with van der Waals surface area (Å²) in [6.45, 7) is 0. The molecule has 1 rings (SSSR count). The molecular weight excluding hydrogens is 182 g/mol. The summed E-state index contributed by atoms with van der Waals surface area (Å²) in [7, 11) is 0. The predicted octanol–water partition coefficient (Wildman–Crippen LogP) is 1.38. The fourth-order valence-corrected chi connectivity index (χ4v) is 0.985. The summed E-state index contributed by atoms with van der Waals surface area (Å²) in [6, 6.07) is 1.42. The van der Waals surface area contributed by atoms with Gasteiger partial charge in [0.1, 0.15) is 6.29 Å². The van der Waals surface area contributed by atoms with Crippen LogP contribution in [-0.2, 0) is 4.79 Å². The first-order valence-electron chi connectivity index (χ1n) is 4.03. The lowest BCUT2D eigenvalue weighted by molar-refractivity contribution is -0.107. The van der Waals surface area contributed by atoms with Crippen LogP contribution in [0.5, 0.6) is 0 Å². The summed E-state index contributed by atoms with van der Waals surface area (Å²) in [6.07, 6.45) is 7.05. The van der Waals surface area contributed by atoms with Crippen LogP contribution >= 0.6 is 0 Å². The van der Waals surface area contributed by atoms with Crippen LogP contribution < -0.4 is 0 Å². The van der Waals surface area contributed by atoms with Crippen molar-refractivity contribution in [2.24, 2.45) is 0 Å². The van der Waals surface area contributed by atoms with Crippen LogP contribution in [-0.4, -0.2) is 22.3 Å². The lowest BCUT2D eigenvalue weighted by atomic mass is 10.1. The summed E-state index contributed by atoms with van der Waals surface area (Å²) >= 11 is 0. The van der Waals surface area contributed by atoms with Crippen LogP contribution in [0, 0.1) is 0 Å². The summed E-state index contributed by atoms with van der Waals surface area (Å²) < 4.78 is 0. The van der Waals surface area contributed by atoms with E-state index < -0.39 is 5.97 Å². The molecule has 0 atom stereocenters. The highest BCUT2D eigenvalue weighted by atomic mass is 16.4. The molecule has 0 bridgehead atoms. The highest BCUT2D eigenvalue weighted by Gasteiger charge is 2.05. The molecule has 14 heavy (non-hydrogen) atoms. The Morgan fingerprint density at radius 2 is 2.36 bits per heavy atom. The maximum Gasteiger partial charge on any atom is 0.336 e. The number of nitrogens with zero attached hydrogens (tertiary/aromatic N) is 1. The molecule has 1 aromatic rings. The number of aromatic nitrogens is 1. The Kier molecular flexibility index (Phi) is 3.55. The van der Waals surface area contributed by atoms with Gasteiger partial charge in [0.15, 0.2) is 0 Å². The molecule has 0 fully saturated rings. The smallest absolute Gasteiger partial charge is 0.336 e. The lowest BCUT2D eigenvalue weighted by Crippen LogP contribution is -1.99. The van der Waals surface area contributed by atoms with Gasteiger partial charge >= 0.3 is 5.97 Å². The van der Waals surface area contributed by atoms with E-state index in [4.69, 9.17) is 5.11 Å². The second kappa shape index (κ2) is 4.91. The van der Waals surface area contributed by atoms with Gasteiger partial charge in [-0.25, -0.2) is 4.79 Å².